The lowest BCUT2D eigenvalue weighted by atomic mass is 10.1. The number of hydrogen-bond donors (Lipinski definition) is 1. The molecule has 9 heteroatoms. The van der Waals surface area contributed by atoms with E-state index in [4.69, 9.17) is 14.2 Å². The number of nitrogens with one attached hydrogen (secondary N) is 1. The fourth-order valence-electron chi connectivity index (χ4n) is 2.99. The van der Waals surface area contributed by atoms with Gasteiger partial charge in [-0.2, -0.15) is 0 Å². The van der Waals surface area contributed by atoms with Gasteiger partial charge in [-0.1, -0.05) is 31.7 Å². The molecule has 1 amide bonds. The van der Waals surface area contributed by atoms with E-state index in [1.807, 2.05) is 20.8 Å². The van der Waals surface area contributed by atoms with Crippen LogP contribution in [-0.4, -0.2) is 55.0 Å². The molecule has 6 nitrogen and oxygen atoms in total. The van der Waals surface area contributed by atoms with Gasteiger partial charge in [0.05, 0.1) is 38.5 Å². The number of hydrogen-bond acceptors (Lipinski definition) is 5. The van der Waals surface area contributed by atoms with Crippen LogP contribution in [0.2, 0.25) is 0 Å². The largest absolute Gasteiger partial charge is 0.444 e. The summed E-state index contributed by atoms with van der Waals surface area (Å²) in [5.74, 6) is -0.456. The van der Waals surface area contributed by atoms with Crippen molar-refractivity contribution in [3.05, 3.63) is 71.3 Å². The molecule has 0 radical (unpaired) electrons. The van der Waals surface area contributed by atoms with Crippen LogP contribution in [0, 0.1) is 11.6 Å². The Balaban J connectivity index is 0.000000356. The van der Waals surface area contributed by atoms with E-state index in [1.165, 1.54) is 24.3 Å². The van der Waals surface area contributed by atoms with Crippen LogP contribution in [0.5, 0.6) is 0 Å². The van der Waals surface area contributed by atoms with Crippen molar-refractivity contribution in [1.29, 1.82) is 0 Å². The molecule has 0 bridgehead atoms. The Morgan fingerprint density at radius 1 is 0.886 bits per heavy atom. The monoisotopic (exact) mass is 514 g/mol. The topological polar surface area (TPSA) is 60.0 Å². The summed E-state index contributed by atoms with van der Waals surface area (Å²) in [6.07, 6.45) is 0.0526. The van der Waals surface area contributed by atoms with Crippen molar-refractivity contribution >= 4 is 18.5 Å². The van der Waals surface area contributed by atoms with Crippen molar-refractivity contribution in [2.45, 2.75) is 59.2 Å². The maximum atomic E-state index is 12.7. The van der Waals surface area contributed by atoms with Gasteiger partial charge in [0.1, 0.15) is 17.2 Å². The fourth-order valence-corrected chi connectivity index (χ4v) is 2.99. The lowest BCUT2D eigenvalue weighted by molar-refractivity contribution is -0.0691. The predicted molar refractivity (Wildman–Crippen MR) is 135 cm³/mol. The Bertz CT molecular complexity index is 882. The molecule has 2 saturated heterocycles. The zero-order valence-corrected chi connectivity index (χ0v) is 20.6. The third kappa shape index (κ3) is 10.9. The second-order valence-electron chi connectivity index (χ2n) is 9.16. The highest BCUT2D eigenvalue weighted by Crippen LogP contribution is 2.18. The molecule has 2 aliphatic heterocycles. The van der Waals surface area contributed by atoms with Gasteiger partial charge < -0.3 is 24.4 Å². The van der Waals surface area contributed by atoms with Crippen molar-refractivity contribution < 1.29 is 27.8 Å². The molecule has 196 valence electrons. The SMILES string of the molecule is C.CC(C)(C)OC(=O)N1CC(OCc2ccc(F)cc2)C1.Cl.Fc1ccc(COC2CNC2)cc1. The Labute approximate surface area is 213 Å². The van der Waals surface area contributed by atoms with Crippen LogP contribution in [0.1, 0.15) is 39.3 Å². The summed E-state index contributed by atoms with van der Waals surface area (Å²) < 4.78 is 41.7. The Kier molecular flexibility index (Phi) is 12.6. The van der Waals surface area contributed by atoms with Gasteiger partial charge in [-0.3, -0.25) is 0 Å². The van der Waals surface area contributed by atoms with Crippen LogP contribution in [0.25, 0.3) is 0 Å². The Hall–Kier alpha value is -2.26. The molecule has 35 heavy (non-hydrogen) atoms. The quantitative estimate of drug-likeness (QED) is 0.564. The summed E-state index contributed by atoms with van der Waals surface area (Å²) in [6, 6.07) is 12.6. The number of likely N-dealkylation sites (tertiary alicyclic amines) is 1. The molecule has 2 fully saturated rings. The van der Waals surface area contributed by atoms with Gasteiger partial charge in [-0.25, -0.2) is 13.6 Å². The molecule has 2 aromatic carbocycles. The highest BCUT2D eigenvalue weighted by Gasteiger charge is 2.34. The fraction of sp³-hybridized carbons (Fsp3) is 0.500. The summed E-state index contributed by atoms with van der Waals surface area (Å²) in [7, 11) is 0. The molecule has 4 rings (SSSR count). The van der Waals surface area contributed by atoms with Crippen LogP contribution >= 0.6 is 12.4 Å². The van der Waals surface area contributed by atoms with Crippen LogP contribution < -0.4 is 5.32 Å². The average molecular weight is 515 g/mol. The van der Waals surface area contributed by atoms with Crippen molar-refractivity contribution in [2.75, 3.05) is 26.2 Å². The summed E-state index contributed by atoms with van der Waals surface area (Å²) in [5, 5.41) is 3.12. The smallest absolute Gasteiger partial charge is 0.410 e. The van der Waals surface area contributed by atoms with E-state index >= 15 is 0 Å². The molecule has 0 aliphatic carbocycles. The van der Waals surface area contributed by atoms with Gasteiger partial charge in [0.15, 0.2) is 0 Å². The number of amides is 1. The number of rotatable bonds is 6. The summed E-state index contributed by atoms with van der Waals surface area (Å²) >= 11 is 0. The van der Waals surface area contributed by atoms with Gasteiger partial charge >= 0.3 is 6.09 Å². The van der Waals surface area contributed by atoms with Crippen LogP contribution in [0.15, 0.2) is 48.5 Å². The number of nitrogens with zero attached hydrogens (tertiary/aromatic N) is 1. The van der Waals surface area contributed by atoms with Crippen molar-refractivity contribution in [1.82, 2.24) is 10.2 Å². The normalized spacial score (nSPS) is 15.4. The van der Waals surface area contributed by atoms with E-state index in [0.29, 0.717) is 32.4 Å². The molecule has 2 heterocycles. The molecule has 0 spiro atoms. The van der Waals surface area contributed by atoms with Crippen molar-refractivity contribution in [3.8, 4) is 0 Å². The van der Waals surface area contributed by atoms with Crippen LogP contribution in [-0.2, 0) is 27.4 Å². The molecule has 2 aliphatic rings. The Morgan fingerprint density at radius 2 is 1.31 bits per heavy atom. The van der Waals surface area contributed by atoms with E-state index in [0.717, 1.165) is 24.2 Å². The molecule has 2 aromatic rings. The zero-order chi connectivity index (χ0) is 23.8. The second-order valence-corrected chi connectivity index (χ2v) is 9.16. The van der Waals surface area contributed by atoms with Gasteiger partial charge in [0, 0.05) is 13.1 Å². The van der Waals surface area contributed by atoms with Gasteiger partial charge in [0.2, 0.25) is 0 Å². The zero-order valence-electron chi connectivity index (χ0n) is 19.8. The maximum absolute atomic E-state index is 12.7. The number of carbonyl (C=O) groups excluding carboxylic acids is 1. The van der Waals surface area contributed by atoms with Crippen molar-refractivity contribution in [3.63, 3.8) is 0 Å². The first-order valence-corrected chi connectivity index (χ1v) is 11.1. The Morgan fingerprint density at radius 3 is 1.69 bits per heavy atom. The highest BCUT2D eigenvalue weighted by molar-refractivity contribution is 5.85. The van der Waals surface area contributed by atoms with Gasteiger partial charge in [-0.05, 0) is 56.2 Å². The van der Waals surface area contributed by atoms with E-state index < -0.39 is 5.60 Å². The second kappa shape index (κ2) is 14.3. The maximum Gasteiger partial charge on any atom is 0.410 e. The standard InChI is InChI=1S/C15H20FNO3.C10H12FNO.CH4.ClH/c1-15(2,3)20-14(18)17-8-13(9-17)19-10-11-4-6-12(16)7-5-11;11-9-3-1-8(2-4-9)7-13-10-5-12-6-10;;/h4-7,13H,8-10H2,1-3H3;1-4,10,12H,5-7H2;1H4;1H. The molecule has 0 aromatic heterocycles. The average Bonchev–Trinajstić information content (AvgIpc) is 2.67. The van der Waals surface area contributed by atoms with Crippen molar-refractivity contribution in [2.24, 2.45) is 0 Å². The molecular weight excluding hydrogens is 478 g/mol. The van der Waals surface area contributed by atoms with E-state index in [2.05, 4.69) is 5.32 Å². The third-order valence-corrected chi connectivity index (χ3v) is 5.04. The number of benzene rings is 2. The number of carbonyl (C=O) groups is 1. The van der Waals surface area contributed by atoms with Gasteiger partial charge in [-0.15, -0.1) is 12.4 Å². The molecule has 0 unspecified atom stereocenters. The van der Waals surface area contributed by atoms with E-state index in [9.17, 15) is 13.6 Å². The van der Waals surface area contributed by atoms with E-state index in [-0.39, 0.29) is 43.7 Å². The highest BCUT2D eigenvalue weighted by atomic mass is 35.5. The molecular formula is C26H37ClF2N2O4. The van der Waals surface area contributed by atoms with E-state index in [1.54, 1.807) is 29.2 Å². The first-order valence-electron chi connectivity index (χ1n) is 11.1. The summed E-state index contributed by atoms with van der Waals surface area (Å²) in [5.41, 5.74) is 1.47. The first kappa shape index (κ1) is 30.8. The predicted octanol–water partition coefficient (Wildman–Crippen LogP) is 5.33. The summed E-state index contributed by atoms with van der Waals surface area (Å²) in [6.45, 7) is 9.46. The molecule has 0 atom stereocenters. The number of halogens is 3. The van der Waals surface area contributed by atoms with Crippen LogP contribution in [0.4, 0.5) is 13.6 Å². The lowest BCUT2D eigenvalue weighted by Crippen LogP contribution is -2.55. The summed E-state index contributed by atoms with van der Waals surface area (Å²) in [4.78, 5) is 13.3. The third-order valence-electron chi connectivity index (χ3n) is 5.04. The lowest BCUT2D eigenvalue weighted by Gasteiger charge is -2.39. The first-order chi connectivity index (χ1) is 15.7. The minimum absolute atomic E-state index is 0. The van der Waals surface area contributed by atoms with Gasteiger partial charge in [0.25, 0.3) is 0 Å². The minimum atomic E-state index is -0.475. The minimum Gasteiger partial charge on any atom is -0.444 e. The molecule has 1 N–H and O–H groups in total. The molecule has 0 saturated carbocycles. The van der Waals surface area contributed by atoms with Crippen LogP contribution in [0.3, 0.4) is 0 Å². The number of ether oxygens (including phenoxy) is 3.